The molecule has 6 heteroatoms. The molecular formula is C18H24N6. The smallest absolute Gasteiger partial charge is 0.139 e. The number of rotatable bonds is 5. The van der Waals surface area contributed by atoms with Crippen LogP contribution in [0.15, 0.2) is 30.9 Å². The zero-order chi connectivity index (χ0) is 16.4. The summed E-state index contributed by atoms with van der Waals surface area (Å²) in [4.78, 5) is 10.3. The highest BCUT2D eigenvalue weighted by Crippen LogP contribution is 2.34. The van der Waals surface area contributed by atoms with Gasteiger partial charge in [0.15, 0.2) is 0 Å². The van der Waals surface area contributed by atoms with Gasteiger partial charge in [-0.3, -0.25) is 5.10 Å². The molecule has 0 aromatic carbocycles. The number of nitrogens with one attached hydrogen (secondary N) is 3. The van der Waals surface area contributed by atoms with Crippen molar-refractivity contribution in [1.29, 1.82) is 0 Å². The third-order valence-corrected chi connectivity index (χ3v) is 4.87. The maximum absolute atomic E-state index is 4.54. The second kappa shape index (κ2) is 6.65. The minimum Gasteiger partial charge on any atom is -0.381 e. The first-order valence-corrected chi connectivity index (χ1v) is 8.79. The number of hydrogen-bond donors (Lipinski definition) is 3. The van der Waals surface area contributed by atoms with Crippen LogP contribution in [0.4, 0.5) is 5.69 Å². The number of aromatic amines is 2. The van der Waals surface area contributed by atoms with Gasteiger partial charge in [0.05, 0.1) is 11.9 Å². The Hall–Kier alpha value is -2.34. The highest BCUT2D eigenvalue weighted by molar-refractivity contribution is 5.98. The summed E-state index contributed by atoms with van der Waals surface area (Å²) in [7, 11) is 0. The molecule has 0 radical (unpaired) electrons. The highest BCUT2D eigenvalue weighted by Gasteiger charge is 2.21. The van der Waals surface area contributed by atoms with Crippen LogP contribution < -0.4 is 5.32 Å². The molecule has 126 valence electrons. The fraction of sp³-hybridized carbons (Fsp3) is 0.444. The largest absolute Gasteiger partial charge is 0.381 e. The van der Waals surface area contributed by atoms with Crippen molar-refractivity contribution in [2.24, 2.45) is 0 Å². The van der Waals surface area contributed by atoms with Crippen molar-refractivity contribution in [1.82, 2.24) is 25.1 Å². The van der Waals surface area contributed by atoms with E-state index in [4.69, 9.17) is 0 Å². The van der Waals surface area contributed by atoms with E-state index in [1.54, 1.807) is 0 Å². The van der Waals surface area contributed by atoms with Crippen molar-refractivity contribution < 1.29 is 0 Å². The summed E-state index contributed by atoms with van der Waals surface area (Å²) < 4.78 is 0. The average Bonchev–Trinajstić information content (AvgIpc) is 3.28. The van der Waals surface area contributed by atoms with E-state index in [9.17, 15) is 0 Å². The summed E-state index contributed by atoms with van der Waals surface area (Å²) in [5.41, 5.74) is 4.26. The van der Waals surface area contributed by atoms with Gasteiger partial charge in [-0.05, 0) is 31.9 Å². The van der Waals surface area contributed by atoms with Crippen molar-refractivity contribution in [2.45, 2.75) is 32.2 Å². The second-order valence-corrected chi connectivity index (χ2v) is 6.53. The van der Waals surface area contributed by atoms with Crippen LogP contribution in [-0.2, 0) is 0 Å². The summed E-state index contributed by atoms with van der Waals surface area (Å²) in [6, 6.07) is 2.60. The Bertz CT molecular complexity index is 783. The Balaban J connectivity index is 1.61. The lowest BCUT2D eigenvalue weighted by molar-refractivity contribution is 0.219. The second-order valence-electron chi connectivity index (χ2n) is 6.53. The van der Waals surface area contributed by atoms with E-state index in [1.807, 2.05) is 24.8 Å². The van der Waals surface area contributed by atoms with Crippen LogP contribution in [0, 0.1) is 0 Å². The minimum absolute atomic E-state index is 0.504. The Morgan fingerprint density at radius 2 is 2.17 bits per heavy atom. The van der Waals surface area contributed by atoms with Crippen molar-refractivity contribution in [3.63, 3.8) is 0 Å². The number of anilines is 1. The summed E-state index contributed by atoms with van der Waals surface area (Å²) in [6.45, 7) is 5.81. The van der Waals surface area contributed by atoms with Gasteiger partial charge in [-0.2, -0.15) is 5.10 Å². The summed E-state index contributed by atoms with van der Waals surface area (Å²) >= 11 is 0. The number of aromatic nitrogens is 4. The molecule has 1 fully saturated rings. The number of pyridine rings is 1. The molecule has 6 nitrogen and oxygen atoms in total. The van der Waals surface area contributed by atoms with Crippen molar-refractivity contribution in [2.75, 3.05) is 25.0 Å². The molecule has 3 N–H and O–H groups in total. The van der Waals surface area contributed by atoms with Gasteiger partial charge < -0.3 is 15.2 Å². The fourth-order valence-electron chi connectivity index (χ4n) is 3.60. The molecule has 0 unspecified atom stereocenters. The van der Waals surface area contributed by atoms with Crippen molar-refractivity contribution in [3.8, 4) is 11.1 Å². The fourth-order valence-corrected chi connectivity index (χ4v) is 3.60. The van der Waals surface area contributed by atoms with Gasteiger partial charge >= 0.3 is 0 Å². The quantitative estimate of drug-likeness (QED) is 0.674. The molecule has 0 aliphatic carbocycles. The molecule has 1 aliphatic heterocycles. The summed E-state index contributed by atoms with van der Waals surface area (Å²) in [5, 5.41) is 11.9. The number of H-pyrrole nitrogens is 2. The van der Waals surface area contributed by atoms with Gasteiger partial charge in [-0.1, -0.05) is 6.92 Å². The monoisotopic (exact) mass is 324 g/mol. The predicted octanol–water partition coefficient (Wildman–Crippen LogP) is 3.24. The van der Waals surface area contributed by atoms with Crippen molar-refractivity contribution >= 4 is 16.7 Å². The van der Waals surface area contributed by atoms with Crippen LogP contribution in [0.3, 0.4) is 0 Å². The van der Waals surface area contributed by atoms with Crippen LogP contribution >= 0.6 is 0 Å². The number of likely N-dealkylation sites (tertiary alicyclic amines) is 1. The van der Waals surface area contributed by atoms with Gasteiger partial charge in [0, 0.05) is 54.2 Å². The first kappa shape index (κ1) is 15.2. The number of hydrogen-bond acceptors (Lipinski definition) is 4. The third-order valence-electron chi connectivity index (χ3n) is 4.87. The van der Waals surface area contributed by atoms with E-state index in [0.717, 1.165) is 27.8 Å². The van der Waals surface area contributed by atoms with Gasteiger partial charge in [0.2, 0.25) is 0 Å². The zero-order valence-electron chi connectivity index (χ0n) is 14.0. The van der Waals surface area contributed by atoms with E-state index in [2.05, 4.69) is 43.4 Å². The van der Waals surface area contributed by atoms with Crippen LogP contribution in [0.5, 0.6) is 0 Å². The first-order valence-electron chi connectivity index (χ1n) is 8.79. The molecule has 0 atom stereocenters. The van der Waals surface area contributed by atoms with Gasteiger partial charge in [-0.15, -0.1) is 0 Å². The molecule has 4 rings (SSSR count). The number of nitrogens with zero attached hydrogens (tertiary/aromatic N) is 3. The normalized spacial score (nSPS) is 16.7. The van der Waals surface area contributed by atoms with E-state index < -0.39 is 0 Å². The van der Waals surface area contributed by atoms with Crippen LogP contribution in [0.2, 0.25) is 0 Å². The Morgan fingerprint density at radius 3 is 2.92 bits per heavy atom. The molecule has 1 saturated heterocycles. The minimum atomic E-state index is 0.504. The molecule has 3 aromatic rings. The third kappa shape index (κ3) is 2.89. The molecule has 0 spiro atoms. The topological polar surface area (TPSA) is 72.6 Å². The molecule has 1 aliphatic rings. The predicted molar refractivity (Wildman–Crippen MR) is 97.1 cm³/mol. The lowest BCUT2D eigenvalue weighted by Crippen LogP contribution is -2.39. The molecule has 4 heterocycles. The van der Waals surface area contributed by atoms with Crippen molar-refractivity contribution in [3.05, 3.63) is 30.9 Å². The Morgan fingerprint density at radius 1 is 1.29 bits per heavy atom. The Labute approximate surface area is 141 Å². The van der Waals surface area contributed by atoms with E-state index >= 15 is 0 Å². The summed E-state index contributed by atoms with van der Waals surface area (Å²) in [6.07, 6.45) is 11.2. The molecule has 0 saturated carbocycles. The van der Waals surface area contributed by atoms with E-state index in [-0.39, 0.29) is 0 Å². The number of fused-ring (bicyclic) bond motifs is 1. The lowest BCUT2D eigenvalue weighted by atomic mass is 10.0. The number of piperidine rings is 1. The SMILES string of the molecule is CCCN1CCC(Nc2c(-c3cn[nH]c3)cnc3[nH]ccc23)CC1. The molecule has 0 bridgehead atoms. The standard InChI is InChI=1S/C18H24N6/c1-2-7-24-8-4-14(5-9-24)23-17-15-3-6-19-18(15)20-12-16(17)13-10-21-22-11-13/h3,6,10-12,14H,2,4-5,7-9H2,1H3,(H,21,22)(H2,19,20,23). The molecule has 24 heavy (non-hydrogen) atoms. The van der Waals surface area contributed by atoms with E-state index in [0.29, 0.717) is 6.04 Å². The van der Waals surface area contributed by atoms with Crippen LogP contribution in [0.1, 0.15) is 26.2 Å². The zero-order valence-corrected chi connectivity index (χ0v) is 14.0. The molecular weight excluding hydrogens is 300 g/mol. The molecule has 3 aromatic heterocycles. The maximum atomic E-state index is 4.54. The lowest BCUT2D eigenvalue weighted by Gasteiger charge is -2.33. The highest BCUT2D eigenvalue weighted by atomic mass is 15.1. The van der Waals surface area contributed by atoms with E-state index in [1.165, 1.54) is 38.9 Å². The Kier molecular flexibility index (Phi) is 4.21. The molecule has 0 amide bonds. The van der Waals surface area contributed by atoms with Gasteiger partial charge in [-0.25, -0.2) is 4.98 Å². The van der Waals surface area contributed by atoms with Gasteiger partial charge in [0.1, 0.15) is 5.65 Å². The van der Waals surface area contributed by atoms with Crippen LogP contribution in [0.25, 0.3) is 22.2 Å². The average molecular weight is 324 g/mol. The maximum Gasteiger partial charge on any atom is 0.139 e. The van der Waals surface area contributed by atoms with Crippen LogP contribution in [-0.4, -0.2) is 50.7 Å². The summed E-state index contributed by atoms with van der Waals surface area (Å²) in [5.74, 6) is 0. The first-order chi connectivity index (χ1) is 11.8. The van der Waals surface area contributed by atoms with Gasteiger partial charge in [0.25, 0.3) is 0 Å².